The number of rotatable bonds is 5. The minimum absolute atomic E-state index is 0.101. The Morgan fingerprint density at radius 3 is 2.31 bits per heavy atom. The number of aromatic nitrogens is 3. The van der Waals surface area contributed by atoms with Crippen LogP contribution in [0.25, 0.3) is 21.8 Å². The number of thiazole rings is 1. The molecule has 0 spiro atoms. The van der Waals surface area contributed by atoms with Crippen LogP contribution in [0, 0.1) is 17.5 Å². The monoisotopic (exact) mass is 515 g/mol. The normalized spacial score (nSPS) is 12.7. The van der Waals surface area contributed by atoms with Gasteiger partial charge in [-0.3, -0.25) is 0 Å². The smallest absolute Gasteiger partial charge is 0.220 e. The fourth-order valence-corrected chi connectivity index (χ4v) is 5.84. The van der Waals surface area contributed by atoms with Crippen LogP contribution >= 0.6 is 22.0 Å². The molecule has 2 aromatic heterocycles. The van der Waals surface area contributed by atoms with Gasteiger partial charge in [0.1, 0.15) is 11.6 Å². The first-order valence-electron chi connectivity index (χ1n) is 10.7. The molecule has 2 aromatic carbocycles. The molecular formula is C25H24F3N5S2. The first-order chi connectivity index (χ1) is 16.6. The molecule has 1 atom stereocenters. The lowest BCUT2D eigenvalue weighted by atomic mass is 9.98. The number of hydrogen-bond acceptors (Lipinski definition) is 6. The van der Waals surface area contributed by atoms with Gasteiger partial charge in [-0.25, -0.2) is 28.1 Å². The van der Waals surface area contributed by atoms with Gasteiger partial charge in [0.05, 0.1) is 31.9 Å². The van der Waals surface area contributed by atoms with E-state index in [1.807, 2.05) is 20.8 Å². The molecule has 0 radical (unpaired) electrons. The van der Waals surface area contributed by atoms with E-state index in [4.69, 9.17) is 10.7 Å². The number of nitrogen functional groups attached to an aromatic ring is 1. The van der Waals surface area contributed by atoms with Crippen molar-refractivity contribution in [3.05, 3.63) is 71.1 Å². The first-order valence-corrected chi connectivity index (χ1v) is 12.8. The summed E-state index contributed by atoms with van der Waals surface area (Å²) in [6.07, 6.45) is 1.54. The van der Waals surface area contributed by atoms with E-state index in [0.717, 1.165) is 5.01 Å². The third kappa shape index (κ3) is 5.08. The van der Waals surface area contributed by atoms with Crippen LogP contribution in [0.3, 0.4) is 0 Å². The fourth-order valence-electron chi connectivity index (χ4n) is 3.33. The van der Waals surface area contributed by atoms with Gasteiger partial charge in [-0.1, -0.05) is 43.6 Å². The third-order valence-electron chi connectivity index (χ3n) is 5.02. The highest BCUT2D eigenvalue weighted by Crippen LogP contribution is 2.42. The molecule has 0 saturated carbocycles. The van der Waals surface area contributed by atoms with Gasteiger partial charge in [0.2, 0.25) is 5.95 Å². The molecule has 4 aromatic rings. The lowest BCUT2D eigenvalue weighted by Gasteiger charge is -2.16. The lowest BCUT2D eigenvalue weighted by Crippen LogP contribution is -2.10. The topological polar surface area (TPSA) is 76.7 Å². The van der Waals surface area contributed by atoms with Crippen molar-refractivity contribution in [2.75, 3.05) is 10.5 Å². The minimum Gasteiger partial charge on any atom is -0.368 e. The number of hydrogen-bond donors (Lipinski definition) is 2. The Morgan fingerprint density at radius 1 is 1.00 bits per heavy atom. The number of benzene rings is 2. The van der Waals surface area contributed by atoms with Gasteiger partial charge in [-0.05, 0) is 42.6 Å². The van der Waals surface area contributed by atoms with E-state index in [-0.39, 0.29) is 27.5 Å². The predicted molar refractivity (Wildman–Crippen MR) is 139 cm³/mol. The van der Waals surface area contributed by atoms with Gasteiger partial charge in [-0.2, -0.15) is 0 Å². The number of nitrogens with one attached hydrogen (secondary N) is 1. The van der Waals surface area contributed by atoms with Gasteiger partial charge in [0.25, 0.3) is 0 Å². The van der Waals surface area contributed by atoms with Crippen molar-refractivity contribution in [1.29, 1.82) is 0 Å². The van der Waals surface area contributed by atoms with Crippen LogP contribution < -0.4 is 10.5 Å². The number of anilines is 2. The molecule has 0 aliphatic rings. The maximum absolute atomic E-state index is 15.9. The van der Waals surface area contributed by atoms with Crippen molar-refractivity contribution in [2.24, 2.45) is 0 Å². The molecule has 0 saturated heterocycles. The molecule has 0 aliphatic heterocycles. The summed E-state index contributed by atoms with van der Waals surface area (Å²) in [7, 11) is -1.22. The van der Waals surface area contributed by atoms with Gasteiger partial charge < -0.3 is 10.5 Å². The van der Waals surface area contributed by atoms with Gasteiger partial charge in [0.15, 0.2) is 5.82 Å². The molecule has 0 fully saturated rings. The third-order valence-corrected chi connectivity index (χ3v) is 8.27. The standard InChI is InChI=1S/C25H24F3N5S2/c1-5-35(22-15(26)9-7-10-16(22)27)33-17-11-6-8-14(19(17)28)20-21(18-12-13-30-24(29)31-18)34-23(32-20)25(2,3)4/h5-13,33H,1-4H3,(H2,29,30,31). The van der Waals surface area contributed by atoms with E-state index in [2.05, 4.69) is 14.7 Å². The Morgan fingerprint density at radius 2 is 1.69 bits per heavy atom. The first kappa shape index (κ1) is 24.9. The molecule has 0 bridgehead atoms. The summed E-state index contributed by atoms with van der Waals surface area (Å²) in [6, 6.07) is 10.2. The zero-order valence-corrected chi connectivity index (χ0v) is 21.2. The molecule has 35 heavy (non-hydrogen) atoms. The Balaban J connectivity index is 1.84. The second-order valence-electron chi connectivity index (χ2n) is 8.64. The van der Waals surface area contributed by atoms with E-state index >= 15 is 4.39 Å². The summed E-state index contributed by atoms with van der Waals surface area (Å²) < 4.78 is 47.7. The molecule has 0 aliphatic carbocycles. The number of halogens is 3. The van der Waals surface area contributed by atoms with E-state index < -0.39 is 28.1 Å². The van der Waals surface area contributed by atoms with E-state index in [9.17, 15) is 8.78 Å². The van der Waals surface area contributed by atoms with Crippen LogP contribution in [0.4, 0.5) is 24.8 Å². The van der Waals surface area contributed by atoms with Crippen LogP contribution in [-0.4, -0.2) is 20.3 Å². The number of nitrogens with two attached hydrogens (primary N) is 1. The minimum atomic E-state index is -1.22. The molecular weight excluding hydrogens is 491 g/mol. The lowest BCUT2D eigenvalue weighted by molar-refractivity contribution is 0.540. The van der Waals surface area contributed by atoms with E-state index in [1.54, 1.807) is 30.5 Å². The second-order valence-corrected chi connectivity index (χ2v) is 11.4. The fraction of sp³-hybridized carbons (Fsp3) is 0.200. The van der Waals surface area contributed by atoms with Crippen LogP contribution in [0.2, 0.25) is 0 Å². The van der Waals surface area contributed by atoms with Crippen molar-refractivity contribution >= 4 is 39.0 Å². The maximum atomic E-state index is 15.9. The van der Waals surface area contributed by atoms with Crippen molar-refractivity contribution in [3.8, 4) is 21.8 Å². The highest BCUT2D eigenvalue weighted by molar-refractivity contribution is 8.16. The Bertz CT molecular complexity index is 1410. The molecule has 10 heteroatoms. The van der Waals surface area contributed by atoms with Crippen molar-refractivity contribution < 1.29 is 13.2 Å². The maximum Gasteiger partial charge on any atom is 0.220 e. The number of nitrogens with zero attached hydrogens (tertiary/aromatic N) is 3. The van der Waals surface area contributed by atoms with Crippen LogP contribution in [0.15, 0.2) is 53.6 Å². The Kier molecular flexibility index (Phi) is 6.95. The molecule has 1 unspecified atom stereocenters. The summed E-state index contributed by atoms with van der Waals surface area (Å²) >= 11 is 1.41. The quantitative estimate of drug-likeness (QED) is 0.279. The van der Waals surface area contributed by atoms with Crippen molar-refractivity contribution in [1.82, 2.24) is 15.0 Å². The average molecular weight is 516 g/mol. The summed E-state index contributed by atoms with van der Waals surface area (Å²) in [5.41, 5.74) is 6.80. The average Bonchev–Trinajstić information content (AvgIpc) is 3.25. The molecule has 0 amide bonds. The van der Waals surface area contributed by atoms with Crippen LogP contribution in [-0.2, 0) is 5.41 Å². The largest absolute Gasteiger partial charge is 0.368 e. The predicted octanol–water partition coefficient (Wildman–Crippen LogP) is 7.04. The molecule has 2 heterocycles. The molecule has 4 rings (SSSR count). The molecule has 5 nitrogen and oxygen atoms in total. The highest BCUT2D eigenvalue weighted by Gasteiger charge is 2.26. The van der Waals surface area contributed by atoms with Crippen LogP contribution in [0.5, 0.6) is 0 Å². The molecule has 182 valence electrons. The van der Waals surface area contributed by atoms with Crippen molar-refractivity contribution in [2.45, 2.75) is 38.0 Å². The summed E-state index contributed by atoms with van der Waals surface area (Å²) in [5, 5.41) is 2.40. The molecule has 3 N–H and O–H groups in total. The summed E-state index contributed by atoms with van der Waals surface area (Å²) in [4.78, 5) is 13.5. The van der Waals surface area contributed by atoms with Crippen LogP contribution in [0.1, 0.15) is 32.7 Å². The summed E-state index contributed by atoms with van der Waals surface area (Å²) in [5.74, 6) is -1.89. The van der Waals surface area contributed by atoms with Crippen molar-refractivity contribution in [3.63, 3.8) is 0 Å². The zero-order chi connectivity index (χ0) is 25.3. The van der Waals surface area contributed by atoms with Gasteiger partial charge in [-0.15, -0.1) is 11.3 Å². The Labute approximate surface area is 208 Å². The second kappa shape index (κ2) is 9.79. The van der Waals surface area contributed by atoms with Gasteiger partial charge in [0, 0.05) is 17.2 Å². The zero-order valence-electron chi connectivity index (χ0n) is 19.6. The highest BCUT2D eigenvalue weighted by atomic mass is 32.2. The van der Waals surface area contributed by atoms with Gasteiger partial charge >= 0.3 is 0 Å². The van der Waals surface area contributed by atoms with E-state index in [0.29, 0.717) is 16.3 Å². The summed E-state index contributed by atoms with van der Waals surface area (Å²) in [6.45, 7) is 7.73. The SMILES string of the molecule is CC=S(Nc1cccc(-c2nc(C(C)(C)C)sc2-c2ccnc(N)n2)c1F)c1c(F)cccc1F. The van der Waals surface area contributed by atoms with E-state index in [1.165, 1.54) is 41.8 Å². The Hall–Kier alpha value is -3.24.